The van der Waals surface area contributed by atoms with Crippen LogP contribution >= 0.6 is 11.8 Å². The summed E-state index contributed by atoms with van der Waals surface area (Å²) in [6.07, 6.45) is 1.93. The van der Waals surface area contributed by atoms with Gasteiger partial charge in [0.1, 0.15) is 11.5 Å². The lowest BCUT2D eigenvalue weighted by Gasteiger charge is -2.26. The van der Waals surface area contributed by atoms with Crippen molar-refractivity contribution < 1.29 is 23.0 Å². The molecule has 2 aromatic carbocycles. The van der Waals surface area contributed by atoms with E-state index in [0.717, 1.165) is 36.4 Å². The topological polar surface area (TPSA) is 50.8 Å². The van der Waals surface area contributed by atoms with E-state index in [1.165, 1.54) is 0 Å². The van der Waals surface area contributed by atoms with Crippen LogP contribution in [0.4, 0.5) is 14.5 Å². The molecule has 0 unspecified atom stereocenters. The summed E-state index contributed by atoms with van der Waals surface area (Å²) in [7, 11) is 3.24. The Morgan fingerprint density at radius 1 is 1.21 bits per heavy atom. The van der Waals surface area contributed by atoms with E-state index in [9.17, 15) is 13.6 Å². The second-order valence-corrected chi connectivity index (χ2v) is 7.75. The summed E-state index contributed by atoms with van der Waals surface area (Å²) in [4.78, 5) is 15.1. The van der Waals surface area contributed by atoms with Crippen LogP contribution in [0.1, 0.15) is 24.4 Å². The first-order chi connectivity index (χ1) is 14.0. The minimum absolute atomic E-state index is 0.0893. The zero-order valence-corrected chi connectivity index (χ0v) is 17.2. The maximum atomic E-state index is 12.5. The van der Waals surface area contributed by atoms with Crippen LogP contribution in [0.3, 0.4) is 0 Å². The maximum Gasteiger partial charge on any atom is 0.288 e. The lowest BCUT2D eigenvalue weighted by atomic mass is 10.0. The number of carbonyl (C=O) groups is 1. The summed E-state index contributed by atoms with van der Waals surface area (Å²) in [6, 6.07) is 12.2. The van der Waals surface area contributed by atoms with Gasteiger partial charge in [-0.15, -0.1) is 0 Å². The predicted octanol–water partition coefficient (Wildman–Crippen LogP) is 4.79. The molecule has 0 radical (unpaired) electrons. The van der Waals surface area contributed by atoms with Gasteiger partial charge in [0.25, 0.3) is 5.76 Å². The molecule has 0 bridgehead atoms. The number of anilines is 1. The number of alkyl halides is 2. The van der Waals surface area contributed by atoms with Crippen LogP contribution in [0.2, 0.25) is 0 Å². The standard InChI is InChI=1S/C21H24F2N2O3S/c1-27-15-7-10-17(19(12-15)28-2)18-4-3-11-25(18)13-20(26)24-14-5-8-16(9-6-14)29-21(22)23/h5-10,12,18,21H,3-4,11,13H2,1-2H3,(H,24,26)/t18-/m0/s1. The van der Waals surface area contributed by atoms with Crippen molar-refractivity contribution in [1.82, 2.24) is 4.90 Å². The number of likely N-dealkylation sites (tertiary alicyclic amines) is 1. The van der Waals surface area contributed by atoms with Crippen molar-refractivity contribution in [2.24, 2.45) is 0 Å². The molecule has 2 aromatic rings. The number of hydrogen-bond acceptors (Lipinski definition) is 5. The molecule has 29 heavy (non-hydrogen) atoms. The molecule has 1 N–H and O–H groups in total. The zero-order valence-electron chi connectivity index (χ0n) is 16.4. The average molecular weight is 422 g/mol. The molecule has 1 saturated heterocycles. The van der Waals surface area contributed by atoms with Crippen molar-refractivity contribution in [3.8, 4) is 11.5 Å². The number of nitrogens with zero attached hydrogens (tertiary/aromatic N) is 1. The van der Waals surface area contributed by atoms with Crippen LogP contribution in [-0.2, 0) is 4.79 Å². The van der Waals surface area contributed by atoms with Gasteiger partial charge in [0.2, 0.25) is 5.91 Å². The lowest BCUT2D eigenvalue weighted by Crippen LogP contribution is -2.33. The molecule has 156 valence electrons. The highest BCUT2D eigenvalue weighted by Gasteiger charge is 2.29. The molecule has 3 rings (SSSR count). The SMILES string of the molecule is COc1ccc([C@@H]2CCCN2CC(=O)Nc2ccc(SC(F)F)cc2)c(OC)c1. The van der Waals surface area contributed by atoms with Crippen LogP contribution in [0.5, 0.6) is 11.5 Å². The van der Waals surface area contributed by atoms with E-state index < -0.39 is 5.76 Å². The van der Waals surface area contributed by atoms with Crippen LogP contribution in [0, 0.1) is 0 Å². The molecule has 0 saturated carbocycles. The van der Waals surface area contributed by atoms with Gasteiger partial charge in [0, 0.05) is 28.3 Å². The van der Waals surface area contributed by atoms with Gasteiger partial charge in [-0.25, -0.2) is 0 Å². The van der Waals surface area contributed by atoms with Crippen molar-refractivity contribution in [3.05, 3.63) is 48.0 Å². The van der Waals surface area contributed by atoms with E-state index in [0.29, 0.717) is 22.3 Å². The Morgan fingerprint density at radius 3 is 2.62 bits per heavy atom. The number of benzene rings is 2. The van der Waals surface area contributed by atoms with E-state index in [1.54, 1.807) is 38.5 Å². The molecule has 1 fully saturated rings. The lowest BCUT2D eigenvalue weighted by molar-refractivity contribution is -0.117. The van der Waals surface area contributed by atoms with Gasteiger partial charge in [0.05, 0.1) is 20.8 Å². The summed E-state index contributed by atoms with van der Waals surface area (Å²) in [6.45, 7) is 1.06. The minimum Gasteiger partial charge on any atom is -0.497 e. The Bertz CT molecular complexity index is 833. The first kappa shape index (κ1) is 21.4. The van der Waals surface area contributed by atoms with E-state index in [-0.39, 0.29) is 18.5 Å². The highest BCUT2D eigenvalue weighted by molar-refractivity contribution is 7.99. The third-order valence-electron chi connectivity index (χ3n) is 4.87. The fraction of sp³-hybridized carbons (Fsp3) is 0.381. The fourth-order valence-corrected chi connectivity index (χ4v) is 4.06. The van der Waals surface area contributed by atoms with Crippen LogP contribution in [0.25, 0.3) is 0 Å². The Hall–Kier alpha value is -2.32. The minimum atomic E-state index is -2.46. The van der Waals surface area contributed by atoms with E-state index in [4.69, 9.17) is 9.47 Å². The zero-order chi connectivity index (χ0) is 20.8. The first-order valence-corrected chi connectivity index (χ1v) is 10.2. The van der Waals surface area contributed by atoms with Gasteiger partial charge in [0.15, 0.2) is 0 Å². The van der Waals surface area contributed by atoms with E-state index >= 15 is 0 Å². The van der Waals surface area contributed by atoms with Crippen molar-refractivity contribution in [1.29, 1.82) is 0 Å². The summed E-state index contributed by atoms with van der Waals surface area (Å²) in [5.41, 5.74) is 1.62. The quantitative estimate of drug-likeness (QED) is 0.620. The van der Waals surface area contributed by atoms with Crippen molar-refractivity contribution in [2.45, 2.75) is 29.5 Å². The van der Waals surface area contributed by atoms with E-state index in [1.807, 2.05) is 18.2 Å². The van der Waals surface area contributed by atoms with Crippen LogP contribution in [0.15, 0.2) is 47.4 Å². The number of hydrogen-bond donors (Lipinski definition) is 1. The summed E-state index contributed by atoms with van der Waals surface area (Å²) in [5.74, 6) is -1.13. The van der Waals surface area contributed by atoms with Crippen LogP contribution < -0.4 is 14.8 Å². The average Bonchev–Trinajstić information content (AvgIpc) is 3.16. The molecule has 0 spiro atoms. The highest BCUT2D eigenvalue weighted by atomic mass is 32.2. The van der Waals surface area contributed by atoms with Crippen molar-refractivity contribution in [3.63, 3.8) is 0 Å². The molecule has 0 aliphatic carbocycles. The van der Waals surface area contributed by atoms with E-state index in [2.05, 4.69) is 10.2 Å². The third-order valence-corrected chi connectivity index (χ3v) is 5.60. The smallest absolute Gasteiger partial charge is 0.288 e. The number of ether oxygens (including phenoxy) is 2. The van der Waals surface area contributed by atoms with Crippen molar-refractivity contribution in [2.75, 3.05) is 32.6 Å². The first-order valence-electron chi connectivity index (χ1n) is 9.31. The molecule has 8 heteroatoms. The number of halogens is 2. The third kappa shape index (κ3) is 5.61. The molecule has 1 amide bonds. The largest absolute Gasteiger partial charge is 0.497 e. The number of thioether (sulfide) groups is 1. The number of amides is 1. The maximum absolute atomic E-state index is 12.5. The number of methoxy groups -OCH3 is 2. The normalized spacial score (nSPS) is 16.8. The molecule has 5 nitrogen and oxygen atoms in total. The second kappa shape index (κ2) is 9.93. The Balaban J connectivity index is 1.64. The van der Waals surface area contributed by atoms with Crippen LogP contribution in [-0.4, -0.2) is 43.9 Å². The number of nitrogens with one attached hydrogen (secondary N) is 1. The fourth-order valence-electron chi connectivity index (χ4n) is 3.57. The number of rotatable bonds is 8. The molecule has 0 aromatic heterocycles. The molecular formula is C21H24F2N2O3S. The predicted molar refractivity (Wildman–Crippen MR) is 110 cm³/mol. The van der Waals surface area contributed by atoms with Gasteiger partial charge in [-0.2, -0.15) is 8.78 Å². The van der Waals surface area contributed by atoms with Gasteiger partial charge in [-0.05, 0) is 49.7 Å². The highest BCUT2D eigenvalue weighted by Crippen LogP contribution is 2.38. The summed E-state index contributed by atoms with van der Waals surface area (Å²) >= 11 is 0.481. The molecule has 1 heterocycles. The molecule has 1 atom stereocenters. The second-order valence-electron chi connectivity index (χ2n) is 6.69. The molecule has 1 aliphatic rings. The molecule has 1 aliphatic heterocycles. The number of carbonyl (C=O) groups excluding carboxylic acids is 1. The Labute approximate surface area is 173 Å². The summed E-state index contributed by atoms with van der Waals surface area (Å²) in [5, 5.41) is 2.84. The van der Waals surface area contributed by atoms with Gasteiger partial charge >= 0.3 is 0 Å². The van der Waals surface area contributed by atoms with Gasteiger partial charge < -0.3 is 14.8 Å². The Morgan fingerprint density at radius 2 is 1.97 bits per heavy atom. The van der Waals surface area contributed by atoms with Gasteiger partial charge in [-0.3, -0.25) is 9.69 Å². The monoisotopic (exact) mass is 422 g/mol. The molecular weight excluding hydrogens is 398 g/mol. The van der Waals surface area contributed by atoms with Crippen molar-refractivity contribution >= 4 is 23.4 Å². The van der Waals surface area contributed by atoms with Gasteiger partial charge in [-0.1, -0.05) is 17.8 Å². The summed E-state index contributed by atoms with van der Waals surface area (Å²) < 4.78 is 35.6. The Kier molecular flexibility index (Phi) is 7.33.